The van der Waals surface area contributed by atoms with E-state index in [-0.39, 0.29) is 18.2 Å². The summed E-state index contributed by atoms with van der Waals surface area (Å²) in [5.41, 5.74) is 2.35. The molecule has 1 heterocycles. The third-order valence-corrected chi connectivity index (χ3v) is 5.01. The zero-order chi connectivity index (χ0) is 20.1. The predicted molar refractivity (Wildman–Crippen MR) is 101 cm³/mol. The first-order valence-electron chi connectivity index (χ1n) is 8.41. The maximum atomic E-state index is 12.5. The monoisotopic (exact) mass is 406 g/mol. The van der Waals surface area contributed by atoms with E-state index in [4.69, 9.17) is 0 Å². The molecule has 3 rings (SSSR count). The van der Waals surface area contributed by atoms with Crippen LogP contribution >= 0.6 is 11.3 Å². The van der Waals surface area contributed by atoms with E-state index >= 15 is 0 Å². The van der Waals surface area contributed by atoms with Gasteiger partial charge >= 0.3 is 6.18 Å². The largest absolute Gasteiger partial charge is 0.484 e. The number of thiazole rings is 1. The van der Waals surface area contributed by atoms with E-state index in [1.165, 1.54) is 23.5 Å². The van der Waals surface area contributed by atoms with Gasteiger partial charge in [-0.15, -0.1) is 11.3 Å². The van der Waals surface area contributed by atoms with Gasteiger partial charge in [0, 0.05) is 12.1 Å². The molecule has 0 unspecified atom stereocenters. The van der Waals surface area contributed by atoms with Crippen molar-refractivity contribution in [2.75, 3.05) is 6.61 Å². The molecule has 0 fully saturated rings. The second kappa shape index (κ2) is 8.43. The number of alkyl halides is 3. The Morgan fingerprint density at radius 2 is 1.79 bits per heavy atom. The Balaban J connectivity index is 1.59. The van der Waals surface area contributed by atoms with Crippen molar-refractivity contribution in [3.8, 4) is 16.3 Å². The number of hydrogen-bond acceptors (Lipinski definition) is 4. The first kappa shape index (κ1) is 19.9. The van der Waals surface area contributed by atoms with Gasteiger partial charge in [0.1, 0.15) is 15.6 Å². The SMILES string of the molecule is Cc1nc(-c2ccccc2)sc1C(=O)NCc1ccc(OCC(F)(F)F)cc1. The number of carbonyl (C=O) groups is 1. The Bertz CT molecular complexity index is 938. The molecule has 0 aliphatic rings. The van der Waals surface area contributed by atoms with Crippen molar-refractivity contribution in [3.63, 3.8) is 0 Å². The van der Waals surface area contributed by atoms with E-state index in [9.17, 15) is 18.0 Å². The molecular formula is C20H17F3N2O2S. The number of carbonyl (C=O) groups excluding carboxylic acids is 1. The number of nitrogens with one attached hydrogen (secondary N) is 1. The summed E-state index contributed by atoms with van der Waals surface area (Å²) in [6.45, 7) is 0.693. The molecule has 0 bridgehead atoms. The fourth-order valence-electron chi connectivity index (χ4n) is 2.44. The Morgan fingerprint density at radius 1 is 1.11 bits per heavy atom. The predicted octanol–water partition coefficient (Wildman–Crippen LogP) is 4.99. The number of amides is 1. The maximum absolute atomic E-state index is 12.5. The number of ether oxygens (including phenoxy) is 1. The first-order valence-corrected chi connectivity index (χ1v) is 9.23. The van der Waals surface area contributed by atoms with Gasteiger partial charge in [0.05, 0.1) is 5.69 Å². The Morgan fingerprint density at radius 3 is 2.43 bits per heavy atom. The van der Waals surface area contributed by atoms with Crippen molar-refractivity contribution < 1.29 is 22.7 Å². The topological polar surface area (TPSA) is 51.2 Å². The summed E-state index contributed by atoms with van der Waals surface area (Å²) >= 11 is 1.32. The lowest BCUT2D eigenvalue weighted by atomic mass is 10.2. The minimum atomic E-state index is -4.38. The van der Waals surface area contributed by atoms with E-state index < -0.39 is 12.8 Å². The lowest BCUT2D eigenvalue weighted by Gasteiger charge is -2.10. The van der Waals surface area contributed by atoms with E-state index in [1.54, 1.807) is 19.1 Å². The molecule has 1 N–H and O–H groups in total. The molecule has 0 spiro atoms. The second-order valence-corrected chi connectivity index (χ2v) is 7.03. The standard InChI is InChI=1S/C20H17F3N2O2S/c1-13-17(28-19(25-13)15-5-3-2-4-6-15)18(26)24-11-14-7-9-16(10-8-14)27-12-20(21,22)23/h2-10H,11-12H2,1H3,(H,24,26). The number of halogens is 3. The molecule has 2 aromatic carbocycles. The highest BCUT2D eigenvalue weighted by molar-refractivity contribution is 7.17. The maximum Gasteiger partial charge on any atom is 0.422 e. The number of aryl methyl sites for hydroxylation is 1. The second-order valence-electron chi connectivity index (χ2n) is 6.03. The highest BCUT2D eigenvalue weighted by Crippen LogP contribution is 2.27. The molecule has 0 saturated carbocycles. The first-order chi connectivity index (χ1) is 13.3. The fraction of sp³-hybridized carbons (Fsp3) is 0.200. The summed E-state index contributed by atoms with van der Waals surface area (Å²) < 4.78 is 41.1. The molecule has 1 aromatic heterocycles. The lowest BCUT2D eigenvalue weighted by Crippen LogP contribution is -2.22. The van der Waals surface area contributed by atoms with Crippen LogP contribution in [0.25, 0.3) is 10.6 Å². The molecule has 28 heavy (non-hydrogen) atoms. The number of rotatable bonds is 6. The van der Waals surface area contributed by atoms with Crippen molar-refractivity contribution in [1.29, 1.82) is 0 Å². The van der Waals surface area contributed by atoms with Crippen LogP contribution in [0.1, 0.15) is 20.9 Å². The average Bonchev–Trinajstić information content (AvgIpc) is 3.07. The third-order valence-electron chi connectivity index (χ3n) is 3.80. The summed E-state index contributed by atoms with van der Waals surface area (Å²) in [7, 11) is 0. The number of aromatic nitrogens is 1. The van der Waals surface area contributed by atoms with Gasteiger partial charge in [0.15, 0.2) is 6.61 Å². The molecule has 0 aliphatic heterocycles. The molecule has 0 radical (unpaired) electrons. The summed E-state index contributed by atoms with van der Waals surface area (Å²) in [5, 5.41) is 3.58. The van der Waals surface area contributed by atoms with Crippen molar-refractivity contribution in [3.05, 3.63) is 70.7 Å². The van der Waals surface area contributed by atoms with Crippen LogP contribution in [0.4, 0.5) is 13.2 Å². The Hall–Kier alpha value is -2.87. The molecule has 0 aliphatic carbocycles. The fourth-order valence-corrected chi connectivity index (χ4v) is 3.43. The van der Waals surface area contributed by atoms with Crippen molar-refractivity contribution in [2.45, 2.75) is 19.6 Å². The van der Waals surface area contributed by atoms with Gasteiger partial charge in [-0.25, -0.2) is 4.98 Å². The lowest BCUT2D eigenvalue weighted by molar-refractivity contribution is -0.153. The summed E-state index contributed by atoms with van der Waals surface area (Å²) in [4.78, 5) is 17.5. The molecule has 8 heteroatoms. The minimum absolute atomic E-state index is 0.123. The van der Waals surface area contributed by atoms with Crippen LogP contribution in [-0.2, 0) is 6.54 Å². The van der Waals surface area contributed by atoms with E-state index in [2.05, 4.69) is 15.0 Å². The third kappa shape index (κ3) is 5.32. The number of benzene rings is 2. The summed E-state index contributed by atoms with van der Waals surface area (Å²) in [5.74, 6) is -0.118. The molecule has 0 saturated heterocycles. The van der Waals surface area contributed by atoms with Crippen molar-refractivity contribution in [1.82, 2.24) is 10.3 Å². The van der Waals surface area contributed by atoms with Crippen LogP contribution in [0.5, 0.6) is 5.75 Å². The Labute approximate surface area is 164 Å². The molecule has 0 atom stereocenters. The van der Waals surface area contributed by atoms with Crippen LogP contribution < -0.4 is 10.1 Å². The van der Waals surface area contributed by atoms with Crippen LogP contribution in [0.3, 0.4) is 0 Å². The van der Waals surface area contributed by atoms with E-state index in [0.29, 0.717) is 10.6 Å². The van der Waals surface area contributed by atoms with E-state index in [0.717, 1.165) is 16.1 Å². The van der Waals surface area contributed by atoms with Crippen molar-refractivity contribution in [2.24, 2.45) is 0 Å². The van der Waals surface area contributed by atoms with Crippen LogP contribution in [0.2, 0.25) is 0 Å². The van der Waals surface area contributed by atoms with Crippen LogP contribution in [0.15, 0.2) is 54.6 Å². The normalized spacial score (nSPS) is 11.3. The highest BCUT2D eigenvalue weighted by Gasteiger charge is 2.28. The summed E-state index contributed by atoms with van der Waals surface area (Å²) in [6, 6.07) is 15.7. The average molecular weight is 406 g/mol. The number of nitrogens with zero attached hydrogens (tertiary/aromatic N) is 1. The van der Waals surface area contributed by atoms with Gasteiger partial charge in [-0.2, -0.15) is 13.2 Å². The van der Waals surface area contributed by atoms with Gasteiger partial charge < -0.3 is 10.1 Å². The molecule has 1 amide bonds. The highest BCUT2D eigenvalue weighted by atomic mass is 32.1. The zero-order valence-electron chi connectivity index (χ0n) is 14.9. The number of hydrogen-bond donors (Lipinski definition) is 1. The van der Waals surface area contributed by atoms with Gasteiger partial charge in [0.2, 0.25) is 0 Å². The summed E-state index contributed by atoms with van der Waals surface area (Å²) in [6.07, 6.45) is -4.38. The van der Waals surface area contributed by atoms with Crippen LogP contribution in [0, 0.1) is 6.92 Å². The van der Waals surface area contributed by atoms with Gasteiger partial charge in [-0.05, 0) is 24.6 Å². The minimum Gasteiger partial charge on any atom is -0.484 e. The van der Waals surface area contributed by atoms with Gasteiger partial charge in [-0.3, -0.25) is 4.79 Å². The Kier molecular flexibility index (Phi) is 5.99. The molecule has 4 nitrogen and oxygen atoms in total. The van der Waals surface area contributed by atoms with E-state index in [1.807, 2.05) is 30.3 Å². The smallest absolute Gasteiger partial charge is 0.422 e. The molecule has 146 valence electrons. The van der Waals surface area contributed by atoms with Crippen molar-refractivity contribution >= 4 is 17.2 Å². The quantitative estimate of drug-likeness (QED) is 0.628. The molecular weight excluding hydrogens is 389 g/mol. The van der Waals surface area contributed by atoms with Gasteiger partial charge in [0.25, 0.3) is 5.91 Å². The molecule has 3 aromatic rings. The van der Waals surface area contributed by atoms with Crippen LogP contribution in [-0.4, -0.2) is 23.7 Å². The zero-order valence-corrected chi connectivity index (χ0v) is 15.7. The van der Waals surface area contributed by atoms with Gasteiger partial charge in [-0.1, -0.05) is 42.5 Å².